The average molecular weight is 620 g/mol. The first-order chi connectivity index (χ1) is 20.2. The van der Waals surface area contributed by atoms with Gasteiger partial charge in [-0.15, -0.1) is 0 Å². The Morgan fingerprint density at radius 3 is 2.35 bits per heavy atom. The fraction of sp³-hybridized carbons (Fsp3) is 0.483. The third-order valence-corrected chi connectivity index (χ3v) is 8.93. The molecule has 0 radical (unpaired) electrons. The van der Waals surface area contributed by atoms with Crippen LogP contribution in [0.25, 0.3) is 0 Å². The molecule has 0 saturated carbocycles. The molecule has 2 aromatic carbocycles. The van der Waals surface area contributed by atoms with Gasteiger partial charge in [0.25, 0.3) is 10.0 Å². The van der Waals surface area contributed by atoms with E-state index in [1.54, 1.807) is 25.7 Å². The van der Waals surface area contributed by atoms with Gasteiger partial charge in [0.15, 0.2) is 0 Å². The standard InChI is InChI=1S/C29H35F2N5O6S/c1-29(2,3)42-28(39)34-12-9-20(10-13-34)32-27(38)36-14-8-18-15-21(17-24(26(18)36)35-11-4-5-25(35)37)43(40,41)33-23-7-6-19(30)16-22(23)31/h6-7,15-17,20,33H,4-5,8-14H2,1-3H3,(H,32,38). The van der Waals surface area contributed by atoms with Crippen molar-refractivity contribution < 1.29 is 36.3 Å². The van der Waals surface area contributed by atoms with Crippen molar-refractivity contribution in [3.05, 3.63) is 47.5 Å². The van der Waals surface area contributed by atoms with Crippen LogP contribution in [0.1, 0.15) is 52.0 Å². The van der Waals surface area contributed by atoms with Gasteiger partial charge in [-0.3, -0.25) is 14.4 Å². The number of fused-ring (bicyclic) bond motifs is 1. The number of likely N-dealkylation sites (tertiary alicyclic amines) is 1. The lowest BCUT2D eigenvalue weighted by molar-refractivity contribution is -0.117. The number of halogens is 2. The molecular weight excluding hydrogens is 584 g/mol. The van der Waals surface area contributed by atoms with Crippen molar-refractivity contribution in [1.82, 2.24) is 10.2 Å². The predicted octanol–water partition coefficient (Wildman–Crippen LogP) is 4.36. The highest BCUT2D eigenvalue weighted by Crippen LogP contribution is 2.42. The van der Waals surface area contributed by atoms with Gasteiger partial charge < -0.3 is 19.9 Å². The number of urea groups is 1. The molecule has 3 heterocycles. The average Bonchev–Trinajstić information content (AvgIpc) is 3.55. The van der Waals surface area contributed by atoms with E-state index in [9.17, 15) is 31.6 Å². The van der Waals surface area contributed by atoms with E-state index >= 15 is 0 Å². The summed E-state index contributed by atoms with van der Waals surface area (Å²) in [5, 5.41) is 3.03. The Morgan fingerprint density at radius 1 is 1.00 bits per heavy atom. The molecule has 5 rings (SSSR count). The van der Waals surface area contributed by atoms with Crippen LogP contribution in [0.15, 0.2) is 35.2 Å². The van der Waals surface area contributed by atoms with Gasteiger partial charge in [-0.25, -0.2) is 26.8 Å². The second-order valence-electron chi connectivity index (χ2n) is 11.9. The highest BCUT2D eigenvalue weighted by atomic mass is 32.2. The number of amides is 4. The van der Waals surface area contributed by atoms with Gasteiger partial charge >= 0.3 is 12.1 Å². The quantitative estimate of drug-likeness (QED) is 0.512. The normalized spacial score (nSPS) is 17.7. The monoisotopic (exact) mass is 619 g/mol. The number of sulfonamides is 1. The smallest absolute Gasteiger partial charge is 0.410 e. The minimum atomic E-state index is -4.34. The number of hydrogen-bond acceptors (Lipinski definition) is 6. The molecular formula is C29H35F2N5O6S. The van der Waals surface area contributed by atoms with Gasteiger partial charge in [-0.2, -0.15) is 0 Å². The number of nitrogens with one attached hydrogen (secondary N) is 2. The predicted molar refractivity (Wildman–Crippen MR) is 156 cm³/mol. The summed E-state index contributed by atoms with van der Waals surface area (Å²) in [5.74, 6) is -2.12. The maximum absolute atomic E-state index is 14.3. The molecule has 2 N–H and O–H groups in total. The van der Waals surface area contributed by atoms with Crippen molar-refractivity contribution in [1.29, 1.82) is 0 Å². The molecule has 3 aliphatic rings. The van der Waals surface area contributed by atoms with Gasteiger partial charge in [-0.05, 0) is 76.3 Å². The Kier molecular flexibility index (Phi) is 8.25. The Morgan fingerprint density at radius 2 is 1.72 bits per heavy atom. The van der Waals surface area contributed by atoms with E-state index < -0.39 is 39.0 Å². The molecule has 232 valence electrons. The number of carbonyl (C=O) groups is 3. The lowest BCUT2D eigenvalue weighted by atomic mass is 10.1. The molecule has 0 aliphatic carbocycles. The van der Waals surface area contributed by atoms with Crippen molar-refractivity contribution >= 4 is 45.1 Å². The molecule has 4 amide bonds. The largest absolute Gasteiger partial charge is 0.444 e. The first-order valence-corrected chi connectivity index (χ1v) is 15.7. The first kappa shape index (κ1) is 30.5. The lowest BCUT2D eigenvalue weighted by Crippen LogP contribution is -2.50. The summed E-state index contributed by atoms with van der Waals surface area (Å²) in [6.07, 6.45) is 1.87. The Bertz CT molecular complexity index is 1550. The number of anilines is 3. The zero-order valence-electron chi connectivity index (χ0n) is 24.3. The van der Waals surface area contributed by atoms with Crippen molar-refractivity contribution in [2.45, 2.75) is 69.4 Å². The molecule has 3 aliphatic heterocycles. The molecule has 2 aromatic rings. The van der Waals surface area contributed by atoms with E-state index in [2.05, 4.69) is 10.0 Å². The summed E-state index contributed by atoms with van der Waals surface area (Å²) in [6.45, 7) is 6.87. The van der Waals surface area contributed by atoms with Crippen LogP contribution in [-0.4, -0.2) is 69.2 Å². The third kappa shape index (κ3) is 6.68. The molecule has 0 atom stereocenters. The summed E-state index contributed by atoms with van der Waals surface area (Å²) >= 11 is 0. The van der Waals surface area contributed by atoms with Crippen LogP contribution in [0.4, 0.5) is 35.4 Å². The van der Waals surface area contributed by atoms with E-state index in [1.165, 1.54) is 21.9 Å². The highest BCUT2D eigenvalue weighted by Gasteiger charge is 2.36. The Labute approximate surface area is 249 Å². The molecule has 11 nitrogen and oxygen atoms in total. The van der Waals surface area contributed by atoms with Crippen LogP contribution in [0.3, 0.4) is 0 Å². The molecule has 0 spiro atoms. The van der Waals surface area contributed by atoms with Crippen molar-refractivity contribution in [3.8, 4) is 0 Å². The van der Waals surface area contributed by atoms with E-state index in [-0.39, 0.29) is 41.5 Å². The van der Waals surface area contributed by atoms with Crippen LogP contribution >= 0.6 is 0 Å². The summed E-state index contributed by atoms with van der Waals surface area (Å²) in [7, 11) is -4.34. The number of carbonyl (C=O) groups excluding carboxylic acids is 3. The van der Waals surface area contributed by atoms with Crippen molar-refractivity contribution in [3.63, 3.8) is 0 Å². The van der Waals surface area contributed by atoms with Gasteiger partial charge in [0.2, 0.25) is 5.91 Å². The van der Waals surface area contributed by atoms with Crippen LogP contribution in [0.5, 0.6) is 0 Å². The third-order valence-electron chi connectivity index (χ3n) is 7.59. The number of hydrogen-bond donors (Lipinski definition) is 2. The number of benzene rings is 2. The van der Waals surface area contributed by atoms with Crippen LogP contribution in [0.2, 0.25) is 0 Å². The van der Waals surface area contributed by atoms with Crippen molar-refractivity contribution in [2.24, 2.45) is 0 Å². The van der Waals surface area contributed by atoms with Crippen LogP contribution in [0, 0.1) is 11.6 Å². The van der Waals surface area contributed by atoms with Gasteiger partial charge in [-0.1, -0.05) is 0 Å². The SMILES string of the molecule is CC(C)(C)OC(=O)N1CCC(NC(=O)N2CCc3cc(S(=O)(=O)Nc4ccc(F)cc4F)cc(N4CCCC4=O)c32)CC1. The molecule has 0 unspecified atom stereocenters. The summed E-state index contributed by atoms with van der Waals surface area (Å²) in [4.78, 5) is 43.1. The Hall–Kier alpha value is -3.94. The van der Waals surface area contributed by atoms with Gasteiger partial charge in [0.05, 0.1) is 22.0 Å². The number of nitrogens with zero attached hydrogens (tertiary/aromatic N) is 3. The zero-order valence-corrected chi connectivity index (χ0v) is 25.1. The molecule has 2 fully saturated rings. The maximum atomic E-state index is 14.3. The van der Waals surface area contributed by atoms with E-state index in [0.717, 1.165) is 12.1 Å². The first-order valence-electron chi connectivity index (χ1n) is 14.2. The van der Waals surface area contributed by atoms with E-state index in [0.29, 0.717) is 62.6 Å². The van der Waals surface area contributed by atoms with Gasteiger partial charge in [0, 0.05) is 44.7 Å². The second kappa shape index (κ2) is 11.6. The Balaban J connectivity index is 1.36. The molecule has 0 aromatic heterocycles. The fourth-order valence-electron chi connectivity index (χ4n) is 5.52. The van der Waals surface area contributed by atoms with E-state index in [4.69, 9.17) is 4.74 Å². The van der Waals surface area contributed by atoms with Crippen LogP contribution in [-0.2, 0) is 26.0 Å². The maximum Gasteiger partial charge on any atom is 0.410 e. The van der Waals surface area contributed by atoms with Crippen LogP contribution < -0.4 is 19.8 Å². The molecule has 14 heteroatoms. The number of piperidine rings is 1. The van der Waals surface area contributed by atoms with E-state index in [1.807, 2.05) is 0 Å². The number of ether oxygens (including phenoxy) is 1. The summed E-state index contributed by atoms with van der Waals surface area (Å²) in [6, 6.07) is 4.66. The minimum Gasteiger partial charge on any atom is -0.444 e. The van der Waals surface area contributed by atoms with Crippen molar-refractivity contribution in [2.75, 3.05) is 40.7 Å². The molecule has 0 bridgehead atoms. The zero-order chi connectivity index (χ0) is 31.1. The molecule has 2 saturated heterocycles. The lowest BCUT2D eigenvalue weighted by Gasteiger charge is -2.34. The summed E-state index contributed by atoms with van der Waals surface area (Å²) < 4.78 is 61.8. The second-order valence-corrected chi connectivity index (χ2v) is 13.6. The highest BCUT2D eigenvalue weighted by molar-refractivity contribution is 7.92. The number of rotatable bonds is 5. The summed E-state index contributed by atoms with van der Waals surface area (Å²) in [5.41, 5.74) is 0.260. The minimum absolute atomic E-state index is 0.193. The molecule has 43 heavy (non-hydrogen) atoms. The topological polar surface area (TPSA) is 128 Å². The van der Waals surface area contributed by atoms with Gasteiger partial charge in [0.1, 0.15) is 17.2 Å². The fourth-order valence-corrected chi connectivity index (χ4v) is 6.66.